The smallest absolute Gasteiger partial charge is 0.312 e. The number of ether oxygens (including phenoxy) is 1. The topological polar surface area (TPSA) is 72.7 Å². The standard InChI is InChI=1S/C16H14ClN3O3S/c1-10-2-3-11(6-13(10)17)18-14(21)9-23-15(22)7-12-8-20-4-5-24-16(20)19-12/h2-6,8H,7,9H2,1H3,(H,18,21). The summed E-state index contributed by atoms with van der Waals surface area (Å²) in [5.41, 5.74) is 2.08. The SMILES string of the molecule is Cc1ccc(NC(=O)COC(=O)Cc2cn3ccsc3n2)cc1Cl. The molecule has 0 aliphatic carbocycles. The number of anilines is 1. The number of imidazole rings is 1. The molecule has 0 fully saturated rings. The largest absolute Gasteiger partial charge is 0.455 e. The van der Waals surface area contributed by atoms with Crippen molar-refractivity contribution in [1.29, 1.82) is 0 Å². The van der Waals surface area contributed by atoms with Crippen LogP contribution in [0.3, 0.4) is 0 Å². The van der Waals surface area contributed by atoms with Crippen LogP contribution in [0.1, 0.15) is 11.3 Å². The van der Waals surface area contributed by atoms with Crippen molar-refractivity contribution in [3.8, 4) is 0 Å². The van der Waals surface area contributed by atoms with E-state index in [9.17, 15) is 9.59 Å². The number of nitrogens with zero attached hydrogens (tertiary/aromatic N) is 2. The van der Waals surface area contributed by atoms with E-state index in [1.54, 1.807) is 24.4 Å². The lowest BCUT2D eigenvalue weighted by Gasteiger charge is -2.07. The van der Waals surface area contributed by atoms with Gasteiger partial charge in [-0.1, -0.05) is 17.7 Å². The lowest BCUT2D eigenvalue weighted by atomic mass is 10.2. The van der Waals surface area contributed by atoms with Gasteiger partial charge in [0, 0.05) is 28.5 Å². The van der Waals surface area contributed by atoms with Crippen LogP contribution in [0.5, 0.6) is 0 Å². The molecular weight excluding hydrogens is 350 g/mol. The molecule has 0 bridgehead atoms. The van der Waals surface area contributed by atoms with Crippen molar-refractivity contribution in [1.82, 2.24) is 9.38 Å². The lowest BCUT2D eigenvalue weighted by Crippen LogP contribution is -2.21. The van der Waals surface area contributed by atoms with Crippen LogP contribution in [0.2, 0.25) is 5.02 Å². The molecular formula is C16H14ClN3O3S. The molecule has 0 radical (unpaired) electrons. The van der Waals surface area contributed by atoms with Gasteiger partial charge in [-0.2, -0.15) is 0 Å². The fraction of sp³-hybridized carbons (Fsp3) is 0.188. The first kappa shape index (κ1) is 16.5. The van der Waals surface area contributed by atoms with E-state index in [0.29, 0.717) is 16.4 Å². The maximum atomic E-state index is 11.8. The van der Waals surface area contributed by atoms with Gasteiger partial charge >= 0.3 is 5.97 Å². The number of aryl methyl sites for hydroxylation is 1. The second kappa shape index (κ2) is 7.02. The van der Waals surface area contributed by atoms with Crippen LogP contribution in [0.4, 0.5) is 5.69 Å². The summed E-state index contributed by atoms with van der Waals surface area (Å²) in [7, 11) is 0. The van der Waals surface area contributed by atoms with Crippen molar-refractivity contribution in [3.63, 3.8) is 0 Å². The maximum Gasteiger partial charge on any atom is 0.312 e. The monoisotopic (exact) mass is 363 g/mol. The number of carbonyl (C=O) groups is 2. The minimum absolute atomic E-state index is 0.0258. The Hall–Kier alpha value is -2.38. The van der Waals surface area contributed by atoms with Crippen LogP contribution in [0.15, 0.2) is 36.0 Å². The van der Waals surface area contributed by atoms with E-state index < -0.39 is 11.9 Å². The van der Waals surface area contributed by atoms with Gasteiger partial charge in [-0.3, -0.25) is 14.0 Å². The van der Waals surface area contributed by atoms with E-state index in [4.69, 9.17) is 16.3 Å². The van der Waals surface area contributed by atoms with Crippen molar-refractivity contribution >= 4 is 45.5 Å². The molecule has 6 nitrogen and oxygen atoms in total. The number of hydrogen-bond acceptors (Lipinski definition) is 5. The molecule has 24 heavy (non-hydrogen) atoms. The quantitative estimate of drug-likeness (QED) is 0.707. The van der Waals surface area contributed by atoms with Gasteiger partial charge in [0.2, 0.25) is 0 Å². The minimum atomic E-state index is -0.502. The van der Waals surface area contributed by atoms with Crippen molar-refractivity contribution in [2.24, 2.45) is 0 Å². The number of halogens is 1. The van der Waals surface area contributed by atoms with Gasteiger partial charge in [0.05, 0.1) is 12.1 Å². The van der Waals surface area contributed by atoms with E-state index in [2.05, 4.69) is 10.3 Å². The zero-order valence-corrected chi connectivity index (χ0v) is 14.4. The number of carbonyl (C=O) groups excluding carboxylic acids is 2. The van der Waals surface area contributed by atoms with E-state index >= 15 is 0 Å². The molecule has 3 rings (SSSR count). The van der Waals surface area contributed by atoms with Gasteiger partial charge in [0.1, 0.15) is 0 Å². The number of esters is 1. The Morgan fingerprint density at radius 2 is 2.25 bits per heavy atom. The zero-order valence-electron chi connectivity index (χ0n) is 12.8. The molecule has 2 aromatic heterocycles. The zero-order chi connectivity index (χ0) is 17.1. The van der Waals surface area contributed by atoms with Crippen molar-refractivity contribution < 1.29 is 14.3 Å². The van der Waals surface area contributed by atoms with Gasteiger partial charge in [0.15, 0.2) is 11.6 Å². The summed E-state index contributed by atoms with van der Waals surface area (Å²) in [5, 5.41) is 5.10. The second-order valence-corrected chi connectivity index (χ2v) is 6.45. The Labute approximate surface area is 147 Å². The molecule has 0 aliphatic rings. The fourth-order valence-corrected chi connectivity index (χ4v) is 2.97. The maximum absolute atomic E-state index is 11.8. The number of hydrogen-bond donors (Lipinski definition) is 1. The Kier molecular flexibility index (Phi) is 4.82. The average molecular weight is 364 g/mol. The van der Waals surface area contributed by atoms with Crippen LogP contribution < -0.4 is 5.32 Å². The normalized spacial score (nSPS) is 10.8. The number of fused-ring (bicyclic) bond motifs is 1. The summed E-state index contributed by atoms with van der Waals surface area (Å²) in [4.78, 5) is 28.7. The summed E-state index contributed by atoms with van der Waals surface area (Å²) in [5.74, 6) is -0.924. The molecule has 8 heteroatoms. The third kappa shape index (κ3) is 3.93. The highest BCUT2D eigenvalue weighted by Gasteiger charge is 2.12. The van der Waals surface area contributed by atoms with Crippen LogP contribution in [0.25, 0.3) is 4.96 Å². The predicted molar refractivity (Wildman–Crippen MR) is 92.6 cm³/mol. The highest BCUT2D eigenvalue weighted by molar-refractivity contribution is 7.15. The number of amides is 1. The molecule has 1 amide bonds. The highest BCUT2D eigenvalue weighted by Crippen LogP contribution is 2.19. The third-order valence-electron chi connectivity index (χ3n) is 3.29. The summed E-state index contributed by atoms with van der Waals surface area (Å²) in [6.45, 7) is 1.52. The van der Waals surface area contributed by atoms with E-state index in [1.165, 1.54) is 11.3 Å². The van der Waals surface area contributed by atoms with Crippen LogP contribution >= 0.6 is 22.9 Å². The second-order valence-electron chi connectivity index (χ2n) is 5.17. The molecule has 3 aromatic rings. The minimum Gasteiger partial charge on any atom is -0.455 e. The molecule has 1 N–H and O–H groups in total. The molecule has 0 saturated carbocycles. The fourth-order valence-electron chi connectivity index (χ4n) is 2.07. The van der Waals surface area contributed by atoms with Crippen LogP contribution in [-0.4, -0.2) is 27.9 Å². The van der Waals surface area contributed by atoms with E-state index in [1.807, 2.05) is 22.9 Å². The van der Waals surface area contributed by atoms with Gasteiger partial charge in [-0.25, -0.2) is 4.98 Å². The van der Waals surface area contributed by atoms with Crippen molar-refractivity contribution in [3.05, 3.63) is 52.3 Å². The van der Waals surface area contributed by atoms with Gasteiger partial charge in [-0.15, -0.1) is 11.3 Å². The van der Waals surface area contributed by atoms with E-state index in [-0.39, 0.29) is 13.0 Å². The highest BCUT2D eigenvalue weighted by atomic mass is 35.5. The van der Waals surface area contributed by atoms with Crippen molar-refractivity contribution in [2.75, 3.05) is 11.9 Å². The van der Waals surface area contributed by atoms with Gasteiger partial charge in [-0.05, 0) is 24.6 Å². The number of rotatable bonds is 5. The molecule has 0 atom stereocenters. The summed E-state index contributed by atoms with van der Waals surface area (Å²) in [6, 6.07) is 5.18. The Morgan fingerprint density at radius 3 is 3.00 bits per heavy atom. The first-order valence-electron chi connectivity index (χ1n) is 7.14. The molecule has 0 saturated heterocycles. The third-order valence-corrected chi connectivity index (χ3v) is 4.47. The number of benzene rings is 1. The summed E-state index contributed by atoms with van der Waals surface area (Å²) >= 11 is 7.48. The van der Waals surface area contributed by atoms with Crippen LogP contribution in [0, 0.1) is 6.92 Å². The summed E-state index contributed by atoms with van der Waals surface area (Å²) in [6.07, 6.45) is 3.65. The average Bonchev–Trinajstić information content (AvgIpc) is 3.10. The van der Waals surface area contributed by atoms with Gasteiger partial charge < -0.3 is 10.1 Å². The first-order valence-corrected chi connectivity index (χ1v) is 8.40. The van der Waals surface area contributed by atoms with E-state index in [0.717, 1.165) is 10.5 Å². The first-order chi connectivity index (χ1) is 11.5. The van der Waals surface area contributed by atoms with Crippen LogP contribution in [-0.2, 0) is 20.7 Å². The summed E-state index contributed by atoms with van der Waals surface area (Å²) < 4.78 is 6.81. The Bertz CT molecular complexity index is 874. The van der Waals surface area contributed by atoms with Gasteiger partial charge in [0.25, 0.3) is 5.91 Å². The molecule has 0 unspecified atom stereocenters. The molecule has 0 spiro atoms. The molecule has 0 aliphatic heterocycles. The number of thiazole rings is 1. The van der Waals surface area contributed by atoms with Crippen molar-refractivity contribution in [2.45, 2.75) is 13.3 Å². The number of aromatic nitrogens is 2. The molecule has 124 valence electrons. The molecule has 2 heterocycles. The Morgan fingerprint density at radius 1 is 1.42 bits per heavy atom. The predicted octanol–water partition coefficient (Wildman–Crippen LogP) is 3.08. The number of nitrogens with one attached hydrogen (secondary N) is 1. The molecule has 1 aromatic carbocycles. The lowest BCUT2D eigenvalue weighted by molar-refractivity contribution is -0.146. The Balaban J connectivity index is 1.49.